The SMILES string of the molecule is C=CC[C@]1(O)CCC[C@H]2O[C@H]21. The maximum absolute atomic E-state index is 9.99. The molecule has 0 aromatic heterocycles. The highest BCUT2D eigenvalue weighted by molar-refractivity contribution is 5.07. The maximum Gasteiger partial charge on any atom is 0.113 e. The highest BCUT2D eigenvalue weighted by Crippen LogP contribution is 2.44. The average molecular weight is 154 g/mol. The second-order valence-corrected chi connectivity index (χ2v) is 3.58. The second-order valence-electron chi connectivity index (χ2n) is 3.58. The Morgan fingerprint density at radius 2 is 2.55 bits per heavy atom. The third kappa shape index (κ3) is 1.10. The summed E-state index contributed by atoms with van der Waals surface area (Å²) in [6.45, 7) is 3.64. The zero-order valence-electron chi connectivity index (χ0n) is 6.62. The number of aliphatic hydroxyl groups is 1. The van der Waals surface area contributed by atoms with Crippen LogP contribution in [0, 0.1) is 0 Å². The lowest BCUT2D eigenvalue weighted by Gasteiger charge is -2.27. The first kappa shape index (κ1) is 7.32. The van der Waals surface area contributed by atoms with E-state index in [1.54, 1.807) is 6.08 Å². The Balaban J connectivity index is 2.04. The van der Waals surface area contributed by atoms with E-state index in [1.165, 1.54) is 0 Å². The summed E-state index contributed by atoms with van der Waals surface area (Å²) in [6.07, 6.45) is 6.02. The van der Waals surface area contributed by atoms with E-state index >= 15 is 0 Å². The van der Waals surface area contributed by atoms with E-state index in [9.17, 15) is 5.11 Å². The molecule has 11 heavy (non-hydrogen) atoms. The van der Waals surface area contributed by atoms with Gasteiger partial charge in [0, 0.05) is 0 Å². The second kappa shape index (κ2) is 2.32. The van der Waals surface area contributed by atoms with Crippen molar-refractivity contribution in [1.82, 2.24) is 0 Å². The fourth-order valence-corrected chi connectivity index (χ4v) is 2.05. The summed E-state index contributed by atoms with van der Waals surface area (Å²) < 4.78 is 5.35. The number of hydrogen-bond donors (Lipinski definition) is 1. The van der Waals surface area contributed by atoms with Crippen molar-refractivity contribution >= 4 is 0 Å². The zero-order valence-corrected chi connectivity index (χ0v) is 6.62. The van der Waals surface area contributed by atoms with Gasteiger partial charge in [-0.2, -0.15) is 0 Å². The molecule has 1 saturated carbocycles. The van der Waals surface area contributed by atoms with Crippen molar-refractivity contribution in [2.24, 2.45) is 0 Å². The Bertz CT molecular complexity index is 178. The highest BCUT2D eigenvalue weighted by atomic mass is 16.6. The molecule has 1 aliphatic heterocycles. The largest absolute Gasteiger partial charge is 0.387 e. The van der Waals surface area contributed by atoms with Gasteiger partial charge < -0.3 is 9.84 Å². The van der Waals surface area contributed by atoms with Gasteiger partial charge in [-0.1, -0.05) is 6.08 Å². The Hall–Kier alpha value is -0.340. The van der Waals surface area contributed by atoms with Crippen LogP contribution in [-0.2, 0) is 4.74 Å². The van der Waals surface area contributed by atoms with Gasteiger partial charge in [-0.3, -0.25) is 0 Å². The van der Waals surface area contributed by atoms with Crippen LogP contribution in [0.15, 0.2) is 12.7 Å². The van der Waals surface area contributed by atoms with Crippen molar-refractivity contribution in [1.29, 1.82) is 0 Å². The Labute approximate surface area is 66.9 Å². The molecule has 62 valence electrons. The lowest BCUT2D eigenvalue weighted by Crippen LogP contribution is -2.38. The molecule has 0 aromatic rings. The van der Waals surface area contributed by atoms with Crippen molar-refractivity contribution in [3.8, 4) is 0 Å². The van der Waals surface area contributed by atoms with Gasteiger partial charge in [-0.15, -0.1) is 6.58 Å². The Morgan fingerprint density at radius 3 is 3.27 bits per heavy atom. The number of ether oxygens (including phenoxy) is 1. The van der Waals surface area contributed by atoms with Crippen LogP contribution >= 0.6 is 0 Å². The lowest BCUT2D eigenvalue weighted by atomic mass is 9.82. The van der Waals surface area contributed by atoms with Crippen LogP contribution in [-0.4, -0.2) is 22.9 Å². The van der Waals surface area contributed by atoms with Crippen LogP contribution in [0.1, 0.15) is 25.7 Å². The van der Waals surface area contributed by atoms with Crippen molar-refractivity contribution in [3.05, 3.63) is 12.7 Å². The smallest absolute Gasteiger partial charge is 0.113 e. The summed E-state index contributed by atoms with van der Waals surface area (Å²) >= 11 is 0. The van der Waals surface area contributed by atoms with Crippen LogP contribution < -0.4 is 0 Å². The minimum atomic E-state index is -0.579. The molecular weight excluding hydrogens is 140 g/mol. The quantitative estimate of drug-likeness (QED) is 0.479. The van der Waals surface area contributed by atoms with Crippen LogP contribution in [0.25, 0.3) is 0 Å². The summed E-state index contributed by atoms with van der Waals surface area (Å²) in [4.78, 5) is 0. The molecule has 2 heteroatoms. The molecule has 2 aliphatic rings. The van der Waals surface area contributed by atoms with Gasteiger partial charge >= 0.3 is 0 Å². The average Bonchev–Trinajstić information content (AvgIpc) is 2.68. The normalized spacial score (nSPS) is 48.1. The van der Waals surface area contributed by atoms with Gasteiger partial charge in [-0.25, -0.2) is 0 Å². The summed E-state index contributed by atoms with van der Waals surface area (Å²) in [5.74, 6) is 0. The highest BCUT2D eigenvalue weighted by Gasteiger charge is 2.55. The monoisotopic (exact) mass is 154 g/mol. The third-order valence-corrected chi connectivity index (χ3v) is 2.71. The molecule has 3 atom stereocenters. The molecule has 0 bridgehead atoms. The Morgan fingerprint density at radius 1 is 1.73 bits per heavy atom. The van der Waals surface area contributed by atoms with Gasteiger partial charge in [0.05, 0.1) is 11.7 Å². The topological polar surface area (TPSA) is 32.8 Å². The number of rotatable bonds is 2. The molecule has 1 aliphatic carbocycles. The number of fused-ring (bicyclic) bond motifs is 1. The predicted octanol–water partition coefficient (Wildman–Crippen LogP) is 1.24. The van der Waals surface area contributed by atoms with Gasteiger partial charge in [-0.05, 0) is 25.7 Å². The van der Waals surface area contributed by atoms with Crippen LogP contribution in [0.5, 0.6) is 0 Å². The standard InChI is InChI=1S/C9H14O2/c1-2-5-9(10)6-3-4-7-8(9)11-7/h2,7-8,10H,1,3-6H2/t7-,8-,9+/m1/s1. The molecule has 1 saturated heterocycles. The van der Waals surface area contributed by atoms with Gasteiger partial charge in [0.1, 0.15) is 6.10 Å². The predicted molar refractivity (Wildman–Crippen MR) is 42.3 cm³/mol. The van der Waals surface area contributed by atoms with E-state index in [0.29, 0.717) is 12.5 Å². The number of hydrogen-bond acceptors (Lipinski definition) is 2. The first-order valence-corrected chi connectivity index (χ1v) is 4.25. The molecule has 0 unspecified atom stereocenters. The molecule has 0 aromatic carbocycles. The van der Waals surface area contributed by atoms with Crippen molar-refractivity contribution in [3.63, 3.8) is 0 Å². The summed E-state index contributed by atoms with van der Waals surface area (Å²) in [6, 6.07) is 0. The van der Waals surface area contributed by atoms with E-state index in [1.807, 2.05) is 0 Å². The molecule has 2 nitrogen and oxygen atoms in total. The fraction of sp³-hybridized carbons (Fsp3) is 0.778. The van der Waals surface area contributed by atoms with Crippen molar-refractivity contribution in [2.45, 2.75) is 43.5 Å². The molecule has 2 fully saturated rings. The van der Waals surface area contributed by atoms with E-state index in [0.717, 1.165) is 19.3 Å². The molecular formula is C9H14O2. The first-order chi connectivity index (χ1) is 5.26. The molecule has 2 rings (SSSR count). The summed E-state index contributed by atoms with van der Waals surface area (Å²) in [7, 11) is 0. The van der Waals surface area contributed by atoms with E-state index in [-0.39, 0.29) is 6.10 Å². The van der Waals surface area contributed by atoms with E-state index in [4.69, 9.17) is 4.74 Å². The zero-order chi connectivity index (χ0) is 7.90. The van der Waals surface area contributed by atoms with Gasteiger partial charge in [0.2, 0.25) is 0 Å². The van der Waals surface area contributed by atoms with Crippen LogP contribution in [0.4, 0.5) is 0 Å². The fourth-order valence-electron chi connectivity index (χ4n) is 2.05. The molecule has 1 N–H and O–H groups in total. The van der Waals surface area contributed by atoms with E-state index < -0.39 is 5.60 Å². The van der Waals surface area contributed by atoms with Gasteiger partial charge in [0.25, 0.3) is 0 Å². The number of epoxide rings is 1. The molecule has 0 amide bonds. The van der Waals surface area contributed by atoms with Crippen LogP contribution in [0.2, 0.25) is 0 Å². The summed E-state index contributed by atoms with van der Waals surface area (Å²) in [5.41, 5.74) is -0.579. The molecule has 1 heterocycles. The van der Waals surface area contributed by atoms with Gasteiger partial charge in [0.15, 0.2) is 0 Å². The molecule has 0 spiro atoms. The Kier molecular flexibility index (Phi) is 1.55. The third-order valence-electron chi connectivity index (χ3n) is 2.71. The van der Waals surface area contributed by atoms with Crippen molar-refractivity contribution in [2.75, 3.05) is 0 Å². The summed E-state index contributed by atoms with van der Waals surface area (Å²) in [5, 5.41) is 9.99. The lowest BCUT2D eigenvalue weighted by molar-refractivity contribution is 0.00214. The minimum absolute atomic E-state index is 0.120. The first-order valence-electron chi connectivity index (χ1n) is 4.25. The molecule has 0 radical (unpaired) electrons. The van der Waals surface area contributed by atoms with E-state index in [2.05, 4.69) is 6.58 Å². The van der Waals surface area contributed by atoms with Crippen molar-refractivity contribution < 1.29 is 9.84 Å². The van der Waals surface area contributed by atoms with Crippen LogP contribution in [0.3, 0.4) is 0 Å². The minimum Gasteiger partial charge on any atom is -0.387 e. The maximum atomic E-state index is 9.99.